The van der Waals surface area contributed by atoms with Crippen LogP contribution >= 0.6 is 23.7 Å². The molecule has 2 amide bonds. The highest BCUT2D eigenvalue weighted by Crippen LogP contribution is 2.35. The smallest absolute Gasteiger partial charge is 0.327 e. The van der Waals surface area contributed by atoms with E-state index in [9.17, 15) is 9.90 Å². The number of anilines is 2. The van der Waals surface area contributed by atoms with Gasteiger partial charge in [0.15, 0.2) is 11.5 Å². The number of amides is 2. The molecule has 6 rings (SSSR count). The quantitative estimate of drug-likeness (QED) is 0.166. The average Bonchev–Trinajstić information content (AvgIpc) is 3.63. The zero-order chi connectivity index (χ0) is 31.5. The van der Waals surface area contributed by atoms with Crippen molar-refractivity contribution in [1.82, 2.24) is 23.8 Å². The number of nitrogens with zero attached hydrogens (tertiary/aromatic N) is 6. The highest BCUT2D eigenvalue weighted by molar-refractivity contribution is 7.99. The molecule has 11 heteroatoms. The highest BCUT2D eigenvalue weighted by atomic mass is 32.2. The van der Waals surface area contributed by atoms with Gasteiger partial charge in [-0.2, -0.15) is 9.19 Å². The molecule has 0 unspecified atom stereocenters. The van der Waals surface area contributed by atoms with Crippen LogP contribution in [-0.2, 0) is 13.0 Å². The SMILES string of the molecule is CCc1cccc(NC(=O)N(Cc2ccccc2Sc2ccc3nnc(-c4ccc(C)cc4O)n3c2)c2cc(C)nn2SC)c1. The minimum atomic E-state index is -0.244. The van der Waals surface area contributed by atoms with E-state index >= 15 is 0 Å². The van der Waals surface area contributed by atoms with Gasteiger partial charge in [-0.25, -0.2) is 4.79 Å². The number of aryl methyl sites for hydroxylation is 3. The van der Waals surface area contributed by atoms with Gasteiger partial charge in [-0.15, -0.1) is 10.2 Å². The standard InChI is InChI=1S/C34H33N7O2S2/c1-5-24-9-8-11-26(19-24)35-34(43)40(32-18-23(3)38-41(32)44-4)20-25-10-6-7-12-30(25)45-27-14-16-31-36-37-33(39(31)21-27)28-15-13-22(2)17-29(28)42/h6-19,21,42H,5,20H2,1-4H3,(H,35,43). The second-order valence-corrected chi connectivity index (χ2v) is 12.4. The lowest BCUT2D eigenvalue weighted by atomic mass is 10.1. The largest absolute Gasteiger partial charge is 0.507 e. The molecule has 228 valence electrons. The highest BCUT2D eigenvalue weighted by Gasteiger charge is 2.23. The zero-order valence-electron chi connectivity index (χ0n) is 25.4. The number of carbonyl (C=O) groups is 1. The van der Waals surface area contributed by atoms with Crippen LogP contribution in [0.15, 0.2) is 101 Å². The topological polar surface area (TPSA) is 101 Å². The van der Waals surface area contributed by atoms with Gasteiger partial charge in [-0.1, -0.05) is 55.1 Å². The van der Waals surface area contributed by atoms with Gasteiger partial charge in [0.1, 0.15) is 11.6 Å². The minimum absolute atomic E-state index is 0.159. The Kier molecular flexibility index (Phi) is 8.81. The Hall–Kier alpha value is -4.74. The summed E-state index contributed by atoms with van der Waals surface area (Å²) in [7, 11) is 0. The summed E-state index contributed by atoms with van der Waals surface area (Å²) in [6, 6.07) is 27.1. The number of rotatable bonds is 9. The monoisotopic (exact) mass is 635 g/mol. The van der Waals surface area contributed by atoms with Crippen molar-refractivity contribution in [2.24, 2.45) is 0 Å². The number of fused-ring (bicyclic) bond motifs is 1. The summed E-state index contributed by atoms with van der Waals surface area (Å²) in [6.07, 6.45) is 4.79. The van der Waals surface area contributed by atoms with Gasteiger partial charge in [0.05, 0.1) is 17.8 Å². The van der Waals surface area contributed by atoms with Gasteiger partial charge in [-0.05, 0) is 91.4 Å². The number of hydrogen-bond acceptors (Lipinski definition) is 7. The predicted molar refractivity (Wildman–Crippen MR) is 182 cm³/mol. The summed E-state index contributed by atoms with van der Waals surface area (Å²) in [5.74, 6) is 1.42. The van der Waals surface area contributed by atoms with Crippen LogP contribution in [0.5, 0.6) is 5.75 Å². The molecule has 45 heavy (non-hydrogen) atoms. The third-order valence-electron chi connectivity index (χ3n) is 7.36. The predicted octanol–water partition coefficient (Wildman–Crippen LogP) is 7.99. The Bertz CT molecular complexity index is 2000. The molecular weight excluding hydrogens is 603 g/mol. The van der Waals surface area contributed by atoms with E-state index in [0.29, 0.717) is 29.4 Å². The minimum Gasteiger partial charge on any atom is -0.507 e. The molecule has 0 bridgehead atoms. The first-order chi connectivity index (χ1) is 21.8. The summed E-state index contributed by atoms with van der Waals surface area (Å²) in [5, 5.41) is 27.0. The second kappa shape index (κ2) is 13.1. The summed E-state index contributed by atoms with van der Waals surface area (Å²) in [4.78, 5) is 17.6. The van der Waals surface area contributed by atoms with Gasteiger partial charge < -0.3 is 10.4 Å². The number of phenols is 1. The van der Waals surface area contributed by atoms with E-state index < -0.39 is 0 Å². The van der Waals surface area contributed by atoms with Gasteiger partial charge in [-0.3, -0.25) is 9.30 Å². The van der Waals surface area contributed by atoms with Crippen LogP contribution in [0.1, 0.15) is 29.3 Å². The number of urea groups is 1. The van der Waals surface area contributed by atoms with Gasteiger partial charge in [0.25, 0.3) is 0 Å². The summed E-state index contributed by atoms with van der Waals surface area (Å²) < 4.78 is 3.66. The lowest BCUT2D eigenvalue weighted by Crippen LogP contribution is -2.35. The van der Waals surface area contributed by atoms with Crippen molar-refractivity contribution in [3.8, 4) is 17.1 Å². The normalized spacial score (nSPS) is 11.2. The summed E-state index contributed by atoms with van der Waals surface area (Å²) in [5.41, 5.74) is 5.96. The zero-order valence-corrected chi connectivity index (χ0v) is 27.1. The second-order valence-electron chi connectivity index (χ2n) is 10.6. The third kappa shape index (κ3) is 6.54. The van der Waals surface area contributed by atoms with Gasteiger partial charge >= 0.3 is 6.03 Å². The average molecular weight is 636 g/mol. The van der Waals surface area contributed by atoms with Crippen LogP contribution in [0.2, 0.25) is 0 Å². The molecule has 3 aromatic heterocycles. The van der Waals surface area contributed by atoms with Crippen LogP contribution in [-0.4, -0.2) is 41.2 Å². The maximum atomic E-state index is 13.9. The van der Waals surface area contributed by atoms with Crippen molar-refractivity contribution in [3.05, 3.63) is 114 Å². The van der Waals surface area contributed by atoms with Crippen molar-refractivity contribution >= 4 is 46.9 Å². The van der Waals surface area contributed by atoms with Crippen LogP contribution in [0, 0.1) is 13.8 Å². The van der Waals surface area contributed by atoms with E-state index in [2.05, 4.69) is 39.7 Å². The van der Waals surface area contributed by atoms with Crippen LogP contribution in [0.3, 0.4) is 0 Å². The lowest BCUT2D eigenvalue weighted by Gasteiger charge is -2.24. The van der Waals surface area contributed by atoms with Crippen molar-refractivity contribution in [2.45, 2.75) is 43.5 Å². The van der Waals surface area contributed by atoms with E-state index in [1.54, 1.807) is 26.8 Å². The molecule has 9 nitrogen and oxygen atoms in total. The van der Waals surface area contributed by atoms with Gasteiger partial charge in [0, 0.05) is 34.0 Å². The van der Waals surface area contributed by atoms with E-state index in [1.165, 1.54) is 11.9 Å². The van der Waals surface area contributed by atoms with E-state index in [4.69, 9.17) is 0 Å². The molecule has 0 aliphatic rings. The number of phenolic OH excluding ortho intramolecular Hbond substituents is 1. The molecule has 0 spiro atoms. The number of aromatic hydroxyl groups is 1. The molecule has 2 N–H and O–H groups in total. The summed E-state index contributed by atoms with van der Waals surface area (Å²) >= 11 is 3.03. The van der Waals surface area contributed by atoms with Crippen molar-refractivity contribution in [1.29, 1.82) is 0 Å². The number of carbonyl (C=O) groups excluding carboxylic acids is 1. The molecule has 3 aromatic carbocycles. The number of nitrogens with one attached hydrogen (secondary N) is 1. The molecule has 0 aliphatic heterocycles. The number of pyridine rings is 1. The molecule has 6 aromatic rings. The van der Waals surface area contributed by atoms with Crippen LogP contribution in [0.4, 0.5) is 16.3 Å². The Morgan fingerprint density at radius 3 is 2.62 bits per heavy atom. The van der Waals surface area contributed by atoms with Crippen molar-refractivity contribution < 1.29 is 9.90 Å². The Labute approximate surface area is 270 Å². The first-order valence-electron chi connectivity index (χ1n) is 14.5. The fourth-order valence-electron chi connectivity index (χ4n) is 5.08. The maximum Gasteiger partial charge on any atom is 0.327 e. The fraction of sp³-hybridized carbons (Fsp3) is 0.176. The molecule has 0 fully saturated rings. The van der Waals surface area contributed by atoms with Crippen molar-refractivity contribution in [2.75, 3.05) is 16.5 Å². The molecule has 0 aliphatic carbocycles. The Morgan fingerprint density at radius 1 is 0.978 bits per heavy atom. The third-order valence-corrected chi connectivity index (χ3v) is 9.07. The van der Waals surface area contributed by atoms with E-state index in [0.717, 1.165) is 44.3 Å². The molecule has 0 saturated carbocycles. The van der Waals surface area contributed by atoms with E-state index in [1.807, 2.05) is 97.4 Å². The van der Waals surface area contributed by atoms with Gasteiger partial charge in [0.2, 0.25) is 0 Å². The molecular formula is C34H33N7O2S2. The molecule has 3 heterocycles. The van der Waals surface area contributed by atoms with Crippen LogP contribution in [0.25, 0.3) is 17.0 Å². The number of hydrogen-bond donors (Lipinski definition) is 2. The first-order valence-corrected chi connectivity index (χ1v) is 16.5. The molecule has 0 atom stereocenters. The number of benzene rings is 3. The van der Waals surface area contributed by atoms with E-state index in [-0.39, 0.29) is 11.8 Å². The number of aromatic nitrogens is 5. The lowest BCUT2D eigenvalue weighted by molar-refractivity contribution is 0.256. The van der Waals surface area contributed by atoms with Crippen LogP contribution < -0.4 is 10.2 Å². The first kappa shape index (κ1) is 30.3. The summed E-state index contributed by atoms with van der Waals surface area (Å²) in [6.45, 7) is 6.27. The Morgan fingerprint density at radius 2 is 1.82 bits per heavy atom. The molecule has 0 saturated heterocycles. The fourth-order valence-corrected chi connectivity index (χ4v) is 6.58. The maximum absolute atomic E-state index is 13.9. The van der Waals surface area contributed by atoms with Crippen molar-refractivity contribution in [3.63, 3.8) is 0 Å². The molecule has 0 radical (unpaired) electrons. The Balaban J connectivity index is 1.33.